The van der Waals surface area contributed by atoms with Crippen LogP contribution in [0.4, 0.5) is 0 Å². The van der Waals surface area contributed by atoms with Gasteiger partial charge in [-0.15, -0.1) is 0 Å². The highest BCUT2D eigenvalue weighted by Crippen LogP contribution is 2.10. The number of benzene rings is 2. The molecule has 0 aromatic heterocycles. The topological polar surface area (TPSA) is 18.5 Å². The molecule has 0 saturated carbocycles. The summed E-state index contributed by atoms with van der Waals surface area (Å²) < 4.78 is 11.8. The van der Waals surface area contributed by atoms with Gasteiger partial charge in [0.1, 0.15) is 12.4 Å². The van der Waals surface area contributed by atoms with Crippen LogP contribution < -0.4 is 9.92 Å². The van der Waals surface area contributed by atoms with Crippen LogP contribution in [-0.4, -0.2) is 22.3 Å². The highest BCUT2D eigenvalue weighted by Gasteiger charge is 2.18. The zero-order valence-electron chi connectivity index (χ0n) is 12.2. The molecule has 0 fully saturated rings. The molecule has 3 heteroatoms. The summed E-state index contributed by atoms with van der Waals surface area (Å²) in [4.78, 5) is 0. The van der Waals surface area contributed by atoms with Crippen LogP contribution in [0.2, 0.25) is 5.54 Å². The Labute approximate surface area is 123 Å². The third-order valence-corrected chi connectivity index (χ3v) is 5.97. The molecule has 0 aliphatic heterocycles. The van der Waals surface area contributed by atoms with Crippen LogP contribution in [0.1, 0.15) is 13.8 Å². The second-order valence-electron chi connectivity index (χ2n) is 5.11. The zero-order chi connectivity index (χ0) is 14.2. The Morgan fingerprint density at radius 3 is 2.05 bits per heavy atom. The first kappa shape index (κ1) is 14.8. The summed E-state index contributed by atoms with van der Waals surface area (Å²) >= 11 is 0. The van der Waals surface area contributed by atoms with Crippen molar-refractivity contribution in [3.05, 3.63) is 60.7 Å². The third kappa shape index (κ3) is 4.51. The first-order chi connectivity index (χ1) is 9.77. The lowest BCUT2D eigenvalue weighted by molar-refractivity contribution is 0.217. The first-order valence-electron chi connectivity index (χ1n) is 7.12. The molecule has 0 aliphatic rings. The molecule has 2 nitrogen and oxygen atoms in total. The number of para-hydroxylation sites is 1. The molecule has 0 amide bonds. The Balaban J connectivity index is 1.82. The van der Waals surface area contributed by atoms with E-state index in [2.05, 4.69) is 38.1 Å². The molecule has 106 valence electrons. The van der Waals surface area contributed by atoms with Crippen molar-refractivity contribution < 1.29 is 9.16 Å². The Morgan fingerprint density at radius 2 is 1.45 bits per heavy atom. The van der Waals surface area contributed by atoms with Gasteiger partial charge in [-0.25, -0.2) is 0 Å². The Kier molecular flexibility index (Phi) is 5.83. The second kappa shape index (κ2) is 7.87. The molecule has 0 saturated heterocycles. The van der Waals surface area contributed by atoms with Crippen LogP contribution in [0.5, 0.6) is 5.75 Å². The lowest BCUT2D eigenvalue weighted by atomic mass is 10.3. The fourth-order valence-corrected chi connectivity index (χ4v) is 4.47. The number of rotatable bonds is 7. The summed E-state index contributed by atoms with van der Waals surface area (Å²) in [6.07, 6.45) is 0. The maximum Gasteiger partial charge on any atom is 0.210 e. The Morgan fingerprint density at radius 1 is 0.850 bits per heavy atom. The average Bonchev–Trinajstić information content (AvgIpc) is 2.49. The lowest BCUT2D eigenvalue weighted by Gasteiger charge is -2.20. The number of hydrogen-bond donors (Lipinski definition) is 0. The van der Waals surface area contributed by atoms with Gasteiger partial charge in [0.05, 0.1) is 6.61 Å². The molecular weight excluding hydrogens is 264 g/mol. The van der Waals surface area contributed by atoms with E-state index in [-0.39, 0.29) is 0 Å². The minimum absolute atomic E-state index is 0.578. The zero-order valence-corrected chi connectivity index (χ0v) is 13.3. The Hall–Kier alpha value is -1.58. The smallest absolute Gasteiger partial charge is 0.210 e. The molecule has 0 N–H and O–H groups in total. The van der Waals surface area contributed by atoms with Crippen molar-refractivity contribution in [1.29, 1.82) is 0 Å². The predicted octanol–water partition coefficient (Wildman–Crippen LogP) is 3.12. The molecular formula is C17H22O2Si. The van der Waals surface area contributed by atoms with Gasteiger partial charge in [-0.05, 0) is 22.9 Å². The van der Waals surface area contributed by atoms with Crippen molar-refractivity contribution >= 4 is 14.2 Å². The summed E-state index contributed by atoms with van der Waals surface area (Å²) in [5.41, 5.74) is 0.578. The molecule has 1 unspecified atom stereocenters. The SMILES string of the molecule is CC(C)[SiH](OCCOc1ccccc1)c1ccccc1. The van der Waals surface area contributed by atoms with Gasteiger partial charge in [0, 0.05) is 0 Å². The van der Waals surface area contributed by atoms with Gasteiger partial charge in [-0.1, -0.05) is 62.4 Å². The van der Waals surface area contributed by atoms with Crippen LogP contribution in [0.25, 0.3) is 0 Å². The number of hydrogen-bond acceptors (Lipinski definition) is 2. The lowest BCUT2D eigenvalue weighted by Crippen LogP contribution is -2.37. The van der Waals surface area contributed by atoms with Gasteiger partial charge in [0.2, 0.25) is 9.04 Å². The standard InChI is InChI=1S/C17H22O2Si/c1-15(2)20(17-11-7-4-8-12-17)19-14-13-18-16-9-5-3-6-10-16/h3-12,15,20H,13-14H2,1-2H3. The second-order valence-corrected chi connectivity index (χ2v) is 8.28. The molecule has 2 rings (SSSR count). The maximum atomic E-state index is 6.13. The normalized spacial score (nSPS) is 12.3. The third-order valence-electron chi connectivity index (χ3n) is 3.13. The van der Waals surface area contributed by atoms with E-state index in [0.29, 0.717) is 18.8 Å². The number of ether oxygens (including phenoxy) is 1. The van der Waals surface area contributed by atoms with E-state index in [1.165, 1.54) is 5.19 Å². The molecule has 0 radical (unpaired) electrons. The van der Waals surface area contributed by atoms with Crippen molar-refractivity contribution in [3.63, 3.8) is 0 Å². The molecule has 0 spiro atoms. The van der Waals surface area contributed by atoms with E-state index in [4.69, 9.17) is 9.16 Å². The van der Waals surface area contributed by atoms with Gasteiger partial charge in [0.25, 0.3) is 0 Å². The van der Waals surface area contributed by atoms with E-state index in [1.807, 2.05) is 36.4 Å². The van der Waals surface area contributed by atoms with Crippen LogP contribution >= 0.6 is 0 Å². The average molecular weight is 286 g/mol. The van der Waals surface area contributed by atoms with Gasteiger partial charge in [-0.3, -0.25) is 0 Å². The first-order valence-corrected chi connectivity index (χ1v) is 8.83. The van der Waals surface area contributed by atoms with Crippen molar-refractivity contribution in [2.24, 2.45) is 0 Å². The van der Waals surface area contributed by atoms with E-state index >= 15 is 0 Å². The van der Waals surface area contributed by atoms with E-state index in [1.54, 1.807) is 0 Å². The summed E-state index contributed by atoms with van der Waals surface area (Å²) in [5.74, 6) is 0.901. The largest absolute Gasteiger partial charge is 0.491 e. The van der Waals surface area contributed by atoms with Gasteiger partial charge in [-0.2, -0.15) is 0 Å². The highest BCUT2D eigenvalue weighted by molar-refractivity contribution is 6.68. The highest BCUT2D eigenvalue weighted by atomic mass is 28.3. The van der Waals surface area contributed by atoms with Gasteiger partial charge in [0.15, 0.2) is 0 Å². The summed E-state index contributed by atoms with van der Waals surface area (Å²) in [5, 5.41) is 1.36. The van der Waals surface area contributed by atoms with Crippen LogP contribution in [0.3, 0.4) is 0 Å². The monoisotopic (exact) mass is 286 g/mol. The molecule has 1 atom stereocenters. The molecule has 0 bridgehead atoms. The van der Waals surface area contributed by atoms with E-state index < -0.39 is 9.04 Å². The van der Waals surface area contributed by atoms with E-state index in [0.717, 1.165) is 5.75 Å². The maximum absolute atomic E-state index is 6.13. The summed E-state index contributed by atoms with van der Waals surface area (Å²) in [7, 11) is -1.37. The predicted molar refractivity (Wildman–Crippen MR) is 86.2 cm³/mol. The van der Waals surface area contributed by atoms with Gasteiger partial charge >= 0.3 is 0 Å². The summed E-state index contributed by atoms with van der Waals surface area (Å²) in [6.45, 7) is 5.73. The van der Waals surface area contributed by atoms with Crippen molar-refractivity contribution in [1.82, 2.24) is 0 Å². The van der Waals surface area contributed by atoms with E-state index in [9.17, 15) is 0 Å². The van der Waals surface area contributed by atoms with Crippen molar-refractivity contribution in [2.45, 2.75) is 19.4 Å². The van der Waals surface area contributed by atoms with Crippen LogP contribution in [-0.2, 0) is 4.43 Å². The van der Waals surface area contributed by atoms with Crippen LogP contribution in [0, 0.1) is 0 Å². The minimum Gasteiger partial charge on any atom is -0.491 e. The summed E-state index contributed by atoms with van der Waals surface area (Å²) in [6, 6.07) is 20.4. The Bertz CT molecular complexity index is 485. The molecule has 2 aromatic carbocycles. The van der Waals surface area contributed by atoms with Crippen LogP contribution in [0.15, 0.2) is 60.7 Å². The fourth-order valence-electron chi connectivity index (χ4n) is 2.17. The minimum atomic E-state index is -1.37. The van der Waals surface area contributed by atoms with Crippen molar-refractivity contribution in [3.8, 4) is 5.75 Å². The molecule has 20 heavy (non-hydrogen) atoms. The fraction of sp³-hybridized carbons (Fsp3) is 0.294. The van der Waals surface area contributed by atoms with Crippen molar-refractivity contribution in [2.75, 3.05) is 13.2 Å². The van der Waals surface area contributed by atoms with Gasteiger partial charge < -0.3 is 9.16 Å². The molecule has 2 aromatic rings. The quantitative estimate of drug-likeness (QED) is 0.575. The molecule has 0 heterocycles. The molecule has 0 aliphatic carbocycles.